The Morgan fingerprint density at radius 3 is 2.15 bits per heavy atom. The standard InChI is InChI=1S/C22H27BrN2O/c23-20-11-7-18(8-12-20)19-9-13-21(14-10-19)24-22(26)6-2-5-17-25-15-3-1-4-16-25/h7-14H,1-6,15-17H2,(H,24,26). The second-order valence-corrected chi connectivity index (χ2v) is 7.91. The monoisotopic (exact) mass is 414 g/mol. The normalized spacial score (nSPS) is 15.0. The fraction of sp³-hybridized carbons (Fsp3) is 0.409. The Kier molecular flexibility index (Phi) is 7.27. The number of nitrogens with zero attached hydrogens (tertiary/aromatic N) is 1. The minimum Gasteiger partial charge on any atom is -0.326 e. The number of rotatable bonds is 7. The summed E-state index contributed by atoms with van der Waals surface area (Å²) in [4.78, 5) is 14.7. The van der Waals surface area contributed by atoms with Crippen molar-refractivity contribution < 1.29 is 4.79 Å². The number of carbonyl (C=O) groups is 1. The molecule has 4 heteroatoms. The predicted octanol–water partition coefficient (Wildman–Crippen LogP) is 5.71. The van der Waals surface area contributed by atoms with Gasteiger partial charge in [-0.3, -0.25) is 4.79 Å². The van der Waals surface area contributed by atoms with Gasteiger partial charge < -0.3 is 10.2 Å². The van der Waals surface area contributed by atoms with Crippen LogP contribution >= 0.6 is 15.9 Å². The Morgan fingerprint density at radius 1 is 0.885 bits per heavy atom. The molecular weight excluding hydrogens is 388 g/mol. The first kappa shape index (κ1) is 19.1. The number of unbranched alkanes of at least 4 members (excludes halogenated alkanes) is 1. The number of carbonyl (C=O) groups excluding carboxylic acids is 1. The van der Waals surface area contributed by atoms with E-state index in [2.05, 4.69) is 50.4 Å². The van der Waals surface area contributed by atoms with Gasteiger partial charge in [-0.15, -0.1) is 0 Å². The molecule has 2 aromatic rings. The Hall–Kier alpha value is -1.65. The number of benzene rings is 2. The van der Waals surface area contributed by atoms with Gasteiger partial charge in [0.1, 0.15) is 0 Å². The molecule has 26 heavy (non-hydrogen) atoms. The molecule has 0 aromatic heterocycles. The molecule has 0 aliphatic carbocycles. The van der Waals surface area contributed by atoms with Crippen molar-refractivity contribution in [1.82, 2.24) is 4.90 Å². The first-order valence-electron chi connectivity index (χ1n) is 9.59. The van der Waals surface area contributed by atoms with E-state index >= 15 is 0 Å². The molecule has 2 aromatic carbocycles. The Balaban J connectivity index is 1.40. The van der Waals surface area contributed by atoms with E-state index in [0.29, 0.717) is 6.42 Å². The number of piperidine rings is 1. The first-order valence-corrected chi connectivity index (χ1v) is 10.4. The van der Waals surface area contributed by atoms with Crippen LogP contribution in [0.3, 0.4) is 0 Å². The summed E-state index contributed by atoms with van der Waals surface area (Å²) in [6.45, 7) is 3.60. The van der Waals surface area contributed by atoms with Crippen LogP contribution in [0.2, 0.25) is 0 Å². The highest BCUT2D eigenvalue weighted by Gasteiger charge is 2.09. The highest BCUT2D eigenvalue weighted by Crippen LogP contribution is 2.23. The highest BCUT2D eigenvalue weighted by molar-refractivity contribution is 9.10. The number of halogens is 1. The van der Waals surface area contributed by atoms with Crippen molar-refractivity contribution in [2.24, 2.45) is 0 Å². The predicted molar refractivity (Wildman–Crippen MR) is 112 cm³/mol. The molecule has 0 radical (unpaired) electrons. The van der Waals surface area contributed by atoms with E-state index in [0.717, 1.165) is 35.1 Å². The fourth-order valence-corrected chi connectivity index (χ4v) is 3.68. The quantitative estimate of drug-likeness (QED) is 0.588. The third-order valence-electron chi connectivity index (χ3n) is 4.92. The number of hydrogen-bond acceptors (Lipinski definition) is 2. The Labute approximate surface area is 164 Å². The van der Waals surface area contributed by atoms with E-state index < -0.39 is 0 Å². The van der Waals surface area contributed by atoms with Gasteiger partial charge in [0.2, 0.25) is 5.91 Å². The van der Waals surface area contributed by atoms with Crippen LogP contribution in [0.1, 0.15) is 38.5 Å². The highest BCUT2D eigenvalue weighted by atomic mass is 79.9. The van der Waals surface area contributed by atoms with Crippen molar-refractivity contribution in [2.75, 3.05) is 25.0 Å². The van der Waals surface area contributed by atoms with Crippen LogP contribution < -0.4 is 5.32 Å². The van der Waals surface area contributed by atoms with Gasteiger partial charge in [0.15, 0.2) is 0 Å². The lowest BCUT2D eigenvalue weighted by Crippen LogP contribution is -2.30. The van der Waals surface area contributed by atoms with Crippen molar-refractivity contribution in [3.8, 4) is 11.1 Å². The van der Waals surface area contributed by atoms with Gasteiger partial charge in [-0.05, 0) is 80.7 Å². The van der Waals surface area contributed by atoms with Crippen LogP contribution in [0.5, 0.6) is 0 Å². The molecule has 1 fully saturated rings. The molecule has 1 aliphatic rings. The summed E-state index contributed by atoms with van der Waals surface area (Å²) in [5.74, 6) is 0.111. The van der Waals surface area contributed by atoms with E-state index in [1.165, 1.54) is 37.9 Å². The molecule has 1 saturated heterocycles. The van der Waals surface area contributed by atoms with Crippen LogP contribution in [0.25, 0.3) is 11.1 Å². The summed E-state index contributed by atoms with van der Waals surface area (Å²) in [6, 6.07) is 16.3. The Bertz CT molecular complexity index is 691. The minimum absolute atomic E-state index is 0.111. The van der Waals surface area contributed by atoms with E-state index in [1.807, 2.05) is 24.3 Å². The van der Waals surface area contributed by atoms with Crippen molar-refractivity contribution in [3.63, 3.8) is 0 Å². The molecular formula is C22H27BrN2O. The summed E-state index contributed by atoms with van der Waals surface area (Å²) in [5, 5.41) is 3.01. The van der Waals surface area contributed by atoms with Crippen molar-refractivity contribution in [2.45, 2.75) is 38.5 Å². The minimum atomic E-state index is 0.111. The molecule has 138 valence electrons. The van der Waals surface area contributed by atoms with Crippen LogP contribution in [-0.2, 0) is 4.79 Å². The van der Waals surface area contributed by atoms with Gasteiger partial charge in [0, 0.05) is 16.6 Å². The third kappa shape index (κ3) is 5.96. The molecule has 0 unspecified atom stereocenters. The average molecular weight is 415 g/mol. The van der Waals surface area contributed by atoms with E-state index in [9.17, 15) is 4.79 Å². The summed E-state index contributed by atoms with van der Waals surface area (Å²) in [6.07, 6.45) is 6.70. The zero-order chi connectivity index (χ0) is 18.2. The molecule has 1 N–H and O–H groups in total. The van der Waals surface area contributed by atoms with Crippen LogP contribution in [0, 0.1) is 0 Å². The smallest absolute Gasteiger partial charge is 0.224 e. The number of hydrogen-bond donors (Lipinski definition) is 1. The van der Waals surface area contributed by atoms with Crippen molar-refractivity contribution in [3.05, 3.63) is 53.0 Å². The summed E-state index contributed by atoms with van der Waals surface area (Å²) < 4.78 is 1.07. The average Bonchev–Trinajstić information content (AvgIpc) is 2.67. The lowest BCUT2D eigenvalue weighted by Gasteiger charge is -2.26. The van der Waals surface area contributed by atoms with Crippen LogP contribution in [0.4, 0.5) is 5.69 Å². The molecule has 0 bridgehead atoms. The molecule has 3 nitrogen and oxygen atoms in total. The van der Waals surface area contributed by atoms with E-state index in [1.54, 1.807) is 0 Å². The number of nitrogens with one attached hydrogen (secondary N) is 1. The van der Waals surface area contributed by atoms with Crippen molar-refractivity contribution in [1.29, 1.82) is 0 Å². The lowest BCUT2D eigenvalue weighted by atomic mass is 10.1. The fourth-order valence-electron chi connectivity index (χ4n) is 3.42. The summed E-state index contributed by atoms with van der Waals surface area (Å²) in [7, 11) is 0. The van der Waals surface area contributed by atoms with Gasteiger partial charge in [0.05, 0.1) is 0 Å². The van der Waals surface area contributed by atoms with Gasteiger partial charge in [-0.1, -0.05) is 46.6 Å². The van der Waals surface area contributed by atoms with Crippen LogP contribution in [-0.4, -0.2) is 30.4 Å². The second kappa shape index (κ2) is 9.89. The lowest BCUT2D eigenvalue weighted by molar-refractivity contribution is -0.116. The number of anilines is 1. The van der Waals surface area contributed by atoms with Gasteiger partial charge >= 0.3 is 0 Å². The maximum Gasteiger partial charge on any atom is 0.224 e. The Morgan fingerprint density at radius 2 is 1.50 bits per heavy atom. The molecule has 0 spiro atoms. The number of amides is 1. The summed E-state index contributed by atoms with van der Waals surface area (Å²) >= 11 is 3.45. The molecule has 0 saturated carbocycles. The summed E-state index contributed by atoms with van der Waals surface area (Å²) in [5.41, 5.74) is 3.19. The molecule has 1 amide bonds. The molecule has 1 aliphatic heterocycles. The zero-order valence-corrected chi connectivity index (χ0v) is 16.8. The SMILES string of the molecule is O=C(CCCCN1CCCCC1)Nc1ccc(-c2ccc(Br)cc2)cc1. The van der Waals surface area contributed by atoms with Gasteiger partial charge in [-0.2, -0.15) is 0 Å². The van der Waals surface area contributed by atoms with E-state index in [4.69, 9.17) is 0 Å². The largest absolute Gasteiger partial charge is 0.326 e. The number of likely N-dealkylation sites (tertiary alicyclic amines) is 1. The molecule has 0 atom stereocenters. The first-order chi connectivity index (χ1) is 12.7. The van der Waals surface area contributed by atoms with Gasteiger partial charge in [-0.25, -0.2) is 0 Å². The molecule has 3 rings (SSSR count). The maximum atomic E-state index is 12.1. The topological polar surface area (TPSA) is 32.3 Å². The third-order valence-corrected chi connectivity index (χ3v) is 5.45. The second-order valence-electron chi connectivity index (χ2n) is 6.99. The molecule has 1 heterocycles. The van der Waals surface area contributed by atoms with Crippen molar-refractivity contribution >= 4 is 27.5 Å². The zero-order valence-electron chi connectivity index (χ0n) is 15.2. The van der Waals surface area contributed by atoms with Crippen LogP contribution in [0.15, 0.2) is 53.0 Å². The van der Waals surface area contributed by atoms with Gasteiger partial charge in [0.25, 0.3) is 0 Å². The maximum absolute atomic E-state index is 12.1. The van der Waals surface area contributed by atoms with E-state index in [-0.39, 0.29) is 5.91 Å².